The second kappa shape index (κ2) is 5.52. The lowest BCUT2D eigenvalue weighted by atomic mass is 10.1. The summed E-state index contributed by atoms with van der Waals surface area (Å²) in [5.74, 6) is 1.08. The van der Waals surface area contributed by atoms with Gasteiger partial charge in [0.25, 0.3) is 0 Å². The highest BCUT2D eigenvalue weighted by atomic mass is 19.1. The van der Waals surface area contributed by atoms with E-state index in [0.717, 1.165) is 38.0 Å². The van der Waals surface area contributed by atoms with Gasteiger partial charge in [0.2, 0.25) is 5.91 Å². The first-order valence-corrected chi connectivity index (χ1v) is 7.38. The highest BCUT2D eigenvalue weighted by molar-refractivity contribution is 5.83. The van der Waals surface area contributed by atoms with Crippen molar-refractivity contribution in [2.24, 2.45) is 11.8 Å². The lowest BCUT2D eigenvalue weighted by Crippen LogP contribution is -2.31. The Morgan fingerprint density at radius 3 is 2.85 bits per heavy atom. The number of benzene rings is 1. The van der Waals surface area contributed by atoms with Crippen molar-refractivity contribution in [3.05, 3.63) is 35.6 Å². The molecule has 3 atom stereocenters. The van der Waals surface area contributed by atoms with Gasteiger partial charge in [-0.3, -0.25) is 4.79 Å². The first-order chi connectivity index (χ1) is 9.69. The van der Waals surface area contributed by atoms with Crippen LogP contribution in [-0.4, -0.2) is 37.5 Å². The quantitative estimate of drug-likeness (QED) is 0.912. The van der Waals surface area contributed by atoms with Crippen molar-refractivity contribution in [1.82, 2.24) is 10.2 Å². The van der Waals surface area contributed by atoms with Crippen LogP contribution in [0.1, 0.15) is 24.3 Å². The molecule has 1 heterocycles. The van der Waals surface area contributed by atoms with Crippen LogP contribution in [0.25, 0.3) is 0 Å². The summed E-state index contributed by atoms with van der Waals surface area (Å²) >= 11 is 0. The third-order valence-electron chi connectivity index (χ3n) is 4.50. The van der Waals surface area contributed by atoms with Gasteiger partial charge in [-0.25, -0.2) is 4.39 Å². The van der Waals surface area contributed by atoms with E-state index in [1.54, 1.807) is 12.1 Å². The van der Waals surface area contributed by atoms with Crippen molar-refractivity contribution in [3.8, 4) is 0 Å². The van der Waals surface area contributed by atoms with Gasteiger partial charge in [-0.15, -0.1) is 0 Å². The maximum Gasteiger partial charge on any atom is 0.226 e. The van der Waals surface area contributed by atoms with E-state index in [2.05, 4.69) is 5.32 Å². The van der Waals surface area contributed by atoms with E-state index in [4.69, 9.17) is 0 Å². The number of nitrogens with zero attached hydrogens (tertiary/aromatic N) is 1. The molecule has 1 saturated heterocycles. The molecule has 2 fully saturated rings. The fourth-order valence-electron chi connectivity index (χ4n) is 3.27. The maximum absolute atomic E-state index is 12.9. The molecule has 108 valence electrons. The minimum Gasteiger partial charge on any atom is -0.342 e. The van der Waals surface area contributed by atoms with Crippen LogP contribution in [0, 0.1) is 17.7 Å². The third kappa shape index (κ3) is 2.70. The van der Waals surface area contributed by atoms with Crippen molar-refractivity contribution in [2.75, 3.05) is 26.7 Å². The third-order valence-corrected chi connectivity index (χ3v) is 4.50. The Morgan fingerprint density at radius 2 is 2.15 bits per heavy atom. The SMILES string of the molecule is CNC[C@@H]1CCN(C(=O)[C@@H]2C[C@H]2c2ccc(F)cc2)C1. The first kappa shape index (κ1) is 13.6. The molecule has 3 nitrogen and oxygen atoms in total. The average Bonchev–Trinajstić information content (AvgIpc) is 3.11. The van der Waals surface area contributed by atoms with Gasteiger partial charge in [-0.2, -0.15) is 0 Å². The zero-order chi connectivity index (χ0) is 14.1. The van der Waals surface area contributed by atoms with E-state index in [0.29, 0.717) is 11.8 Å². The molecule has 1 saturated carbocycles. The summed E-state index contributed by atoms with van der Waals surface area (Å²) in [6, 6.07) is 6.57. The molecular weight excluding hydrogens is 255 g/mol. The predicted octanol–water partition coefficient (Wildman–Crippen LogP) is 2.00. The van der Waals surface area contributed by atoms with Crippen LogP contribution < -0.4 is 5.32 Å². The number of likely N-dealkylation sites (tertiary alicyclic amines) is 1. The van der Waals surface area contributed by atoms with Crippen LogP contribution >= 0.6 is 0 Å². The molecule has 0 unspecified atom stereocenters. The van der Waals surface area contributed by atoms with Gasteiger partial charge in [0.15, 0.2) is 0 Å². The number of hydrogen-bond acceptors (Lipinski definition) is 2. The number of nitrogens with one attached hydrogen (secondary N) is 1. The summed E-state index contributed by atoms with van der Waals surface area (Å²) < 4.78 is 12.9. The Balaban J connectivity index is 1.56. The number of carbonyl (C=O) groups excluding carboxylic acids is 1. The van der Waals surface area contributed by atoms with Crippen LogP contribution in [0.2, 0.25) is 0 Å². The minimum absolute atomic E-state index is 0.119. The molecule has 2 aliphatic rings. The summed E-state index contributed by atoms with van der Waals surface area (Å²) in [6.45, 7) is 2.75. The molecular formula is C16H21FN2O. The lowest BCUT2D eigenvalue weighted by molar-refractivity contribution is -0.131. The van der Waals surface area contributed by atoms with Gasteiger partial charge >= 0.3 is 0 Å². The van der Waals surface area contributed by atoms with E-state index >= 15 is 0 Å². The first-order valence-electron chi connectivity index (χ1n) is 7.38. The molecule has 1 aromatic carbocycles. The molecule has 20 heavy (non-hydrogen) atoms. The van der Waals surface area contributed by atoms with E-state index in [-0.39, 0.29) is 17.6 Å². The molecule has 0 spiro atoms. The number of halogens is 1. The topological polar surface area (TPSA) is 32.3 Å². The monoisotopic (exact) mass is 276 g/mol. The zero-order valence-corrected chi connectivity index (χ0v) is 11.8. The van der Waals surface area contributed by atoms with Crippen LogP contribution in [0.15, 0.2) is 24.3 Å². The Bertz CT molecular complexity index is 488. The molecule has 0 aromatic heterocycles. The molecule has 1 aromatic rings. The maximum atomic E-state index is 12.9. The van der Waals surface area contributed by atoms with Crippen LogP contribution in [0.4, 0.5) is 4.39 Å². The molecule has 1 aliphatic heterocycles. The van der Waals surface area contributed by atoms with Gasteiger partial charge in [-0.1, -0.05) is 12.1 Å². The molecule has 0 radical (unpaired) electrons. The van der Waals surface area contributed by atoms with Gasteiger partial charge in [0.05, 0.1) is 0 Å². The Labute approximate surface area is 119 Å². The van der Waals surface area contributed by atoms with Gasteiger partial charge in [0.1, 0.15) is 5.82 Å². The number of carbonyl (C=O) groups is 1. The smallest absolute Gasteiger partial charge is 0.226 e. The van der Waals surface area contributed by atoms with Crippen LogP contribution in [0.3, 0.4) is 0 Å². The van der Waals surface area contributed by atoms with Crippen molar-refractivity contribution >= 4 is 5.91 Å². The highest BCUT2D eigenvalue weighted by Crippen LogP contribution is 2.48. The normalized spacial score (nSPS) is 28.7. The van der Waals surface area contributed by atoms with Crippen molar-refractivity contribution < 1.29 is 9.18 Å². The van der Waals surface area contributed by atoms with Crippen LogP contribution in [-0.2, 0) is 4.79 Å². The molecule has 1 amide bonds. The molecule has 1 aliphatic carbocycles. The van der Waals surface area contributed by atoms with E-state index < -0.39 is 0 Å². The molecule has 0 bridgehead atoms. The van der Waals surface area contributed by atoms with E-state index in [9.17, 15) is 9.18 Å². The summed E-state index contributed by atoms with van der Waals surface area (Å²) in [5, 5.41) is 3.18. The van der Waals surface area contributed by atoms with E-state index in [1.165, 1.54) is 12.1 Å². The number of amides is 1. The Kier molecular flexibility index (Phi) is 3.74. The second-order valence-electron chi connectivity index (χ2n) is 6.00. The second-order valence-corrected chi connectivity index (χ2v) is 6.00. The number of rotatable bonds is 4. The standard InChI is InChI=1S/C16H21FN2O/c1-18-9-11-6-7-19(10-11)16(20)15-8-14(15)12-2-4-13(17)5-3-12/h2-5,11,14-15,18H,6-10H2,1H3/t11-,14-,15+/m0/s1. The van der Waals surface area contributed by atoms with Gasteiger partial charge in [0, 0.05) is 19.0 Å². The largest absolute Gasteiger partial charge is 0.342 e. The highest BCUT2D eigenvalue weighted by Gasteiger charge is 2.46. The molecule has 4 heteroatoms. The van der Waals surface area contributed by atoms with Gasteiger partial charge in [-0.05, 0) is 56.0 Å². The van der Waals surface area contributed by atoms with Crippen molar-refractivity contribution in [3.63, 3.8) is 0 Å². The fraction of sp³-hybridized carbons (Fsp3) is 0.562. The van der Waals surface area contributed by atoms with Crippen molar-refractivity contribution in [1.29, 1.82) is 0 Å². The minimum atomic E-state index is -0.216. The molecule has 3 rings (SSSR count). The van der Waals surface area contributed by atoms with Crippen LogP contribution in [0.5, 0.6) is 0 Å². The summed E-state index contributed by atoms with van der Waals surface area (Å²) in [5.41, 5.74) is 1.09. The van der Waals surface area contributed by atoms with Gasteiger partial charge < -0.3 is 10.2 Å². The average molecular weight is 276 g/mol. The Hall–Kier alpha value is -1.42. The molecule has 1 N–H and O–H groups in total. The predicted molar refractivity (Wildman–Crippen MR) is 75.9 cm³/mol. The zero-order valence-electron chi connectivity index (χ0n) is 11.8. The summed E-state index contributed by atoms with van der Waals surface area (Å²) in [7, 11) is 1.95. The lowest BCUT2D eigenvalue weighted by Gasteiger charge is -2.16. The van der Waals surface area contributed by atoms with E-state index in [1.807, 2.05) is 11.9 Å². The summed E-state index contributed by atoms with van der Waals surface area (Å²) in [4.78, 5) is 14.4. The summed E-state index contributed by atoms with van der Waals surface area (Å²) in [6.07, 6.45) is 2.01. The fourth-order valence-corrected chi connectivity index (χ4v) is 3.27. The number of hydrogen-bond donors (Lipinski definition) is 1. The van der Waals surface area contributed by atoms with Crippen molar-refractivity contribution in [2.45, 2.75) is 18.8 Å². The Morgan fingerprint density at radius 1 is 1.40 bits per heavy atom.